The van der Waals surface area contributed by atoms with Crippen LogP contribution in [0.3, 0.4) is 0 Å². The van der Waals surface area contributed by atoms with E-state index in [-0.39, 0.29) is 36.1 Å². The largest absolute Gasteiger partial charge is 0.370 e. The predicted molar refractivity (Wildman–Crippen MR) is 78.0 cm³/mol. The molecule has 0 amide bonds. The highest BCUT2D eigenvalue weighted by atomic mass is 16.6. The van der Waals surface area contributed by atoms with Gasteiger partial charge in [-0.2, -0.15) is 0 Å². The first kappa shape index (κ1) is 16.2. The van der Waals surface area contributed by atoms with Gasteiger partial charge in [0.2, 0.25) is 0 Å². The Labute approximate surface area is 123 Å². The van der Waals surface area contributed by atoms with Crippen molar-refractivity contribution in [1.82, 2.24) is 0 Å². The molecular formula is C16H30O4. The molecule has 2 aliphatic rings. The first-order valence-electron chi connectivity index (χ1n) is 8.03. The number of ether oxygens (including phenoxy) is 4. The molecule has 4 nitrogen and oxygen atoms in total. The Kier molecular flexibility index (Phi) is 5.46. The van der Waals surface area contributed by atoms with Gasteiger partial charge in [0.25, 0.3) is 0 Å². The van der Waals surface area contributed by atoms with E-state index >= 15 is 0 Å². The second-order valence-electron chi connectivity index (χ2n) is 6.64. The Hall–Kier alpha value is -0.160. The molecule has 5 atom stereocenters. The highest BCUT2D eigenvalue weighted by Crippen LogP contribution is 2.33. The molecule has 2 heterocycles. The van der Waals surface area contributed by atoms with E-state index in [0.717, 1.165) is 19.3 Å². The Morgan fingerprint density at radius 1 is 1.10 bits per heavy atom. The van der Waals surface area contributed by atoms with E-state index < -0.39 is 0 Å². The summed E-state index contributed by atoms with van der Waals surface area (Å²) in [5.41, 5.74) is -0.124. The molecule has 2 aliphatic heterocycles. The fraction of sp³-hybridized carbons (Fsp3) is 1.00. The molecule has 0 aromatic heterocycles. The van der Waals surface area contributed by atoms with Gasteiger partial charge in [0, 0.05) is 0 Å². The maximum atomic E-state index is 6.16. The van der Waals surface area contributed by atoms with Crippen molar-refractivity contribution in [3.8, 4) is 0 Å². The standard InChI is InChI=1S/C16H30O4/c1-6-8-11(3)19-12-9-17-15-13(10-18-14(12)15)20-16(4,5)7-2/h11-15H,6-10H2,1-5H3. The summed E-state index contributed by atoms with van der Waals surface area (Å²) in [7, 11) is 0. The molecule has 2 rings (SSSR count). The molecular weight excluding hydrogens is 256 g/mol. The smallest absolute Gasteiger partial charge is 0.115 e. The van der Waals surface area contributed by atoms with Gasteiger partial charge in [-0.15, -0.1) is 0 Å². The highest BCUT2D eigenvalue weighted by molar-refractivity contribution is 4.97. The lowest BCUT2D eigenvalue weighted by atomic mass is 10.0. The van der Waals surface area contributed by atoms with Crippen molar-refractivity contribution in [3.63, 3.8) is 0 Å². The van der Waals surface area contributed by atoms with E-state index in [4.69, 9.17) is 18.9 Å². The minimum atomic E-state index is -0.124. The van der Waals surface area contributed by atoms with Crippen LogP contribution in [0.5, 0.6) is 0 Å². The summed E-state index contributed by atoms with van der Waals surface area (Å²) in [6, 6.07) is 0. The molecule has 5 unspecified atom stereocenters. The van der Waals surface area contributed by atoms with Crippen LogP contribution in [-0.2, 0) is 18.9 Å². The van der Waals surface area contributed by atoms with Crippen LogP contribution in [0.4, 0.5) is 0 Å². The van der Waals surface area contributed by atoms with Gasteiger partial charge in [-0.1, -0.05) is 20.3 Å². The molecule has 0 spiro atoms. The number of hydrogen-bond acceptors (Lipinski definition) is 4. The van der Waals surface area contributed by atoms with E-state index in [1.165, 1.54) is 0 Å². The van der Waals surface area contributed by atoms with Crippen molar-refractivity contribution in [2.24, 2.45) is 0 Å². The molecule has 0 N–H and O–H groups in total. The fourth-order valence-corrected chi connectivity index (χ4v) is 2.91. The molecule has 0 aromatic rings. The number of hydrogen-bond donors (Lipinski definition) is 0. The van der Waals surface area contributed by atoms with Crippen LogP contribution in [0.15, 0.2) is 0 Å². The molecule has 0 aromatic carbocycles. The van der Waals surface area contributed by atoms with Crippen molar-refractivity contribution in [2.75, 3.05) is 13.2 Å². The van der Waals surface area contributed by atoms with E-state index in [1.807, 2.05) is 0 Å². The number of rotatable bonds is 7. The maximum absolute atomic E-state index is 6.16. The monoisotopic (exact) mass is 286 g/mol. The highest BCUT2D eigenvalue weighted by Gasteiger charge is 2.50. The molecule has 0 radical (unpaired) electrons. The third-order valence-corrected chi connectivity index (χ3v) is 4.39. The van der Waals surface area contributed by atoms with Crippen LogP contribution in [0.2, 0.25) is 0 Å². The van der Waals surface area contributed by atoms with E-state index in [0.29, 0.717) is 13.2 Å². The maximum Gasteiger partial charge on any atom is 0.115 e. The molecule has 4 heteroatoms. The zero-order valence-electron chi connectivity index (χ0n) is 13.6. The third kappa shape index (κ3) is 3.73. The number of fused-ring (bicyclic) bond motifs is 1. The lowest BCUT2D eigenvalue weighted by Gasteiger charge is -2.29. The van der Waals surface area contributed by atoms with Gasteiger partial charge in [0.1, 0.15) is 24.4 Å². The molecule has 118 valence electrons. The third-order valence-electron chi connectivity index (χ3n) is 4.39. The van der Waals surface area contributed by atoms with Crippen molar-refractivity contribution in [1.29, 1.82) is 0 Å². The Morgan fingerprint density at radius 2 is 1.70 bits per heavy atom. The van der Waals surface area contributed by atoms with Crippen molar-refractivity contribution in [2.45, 2.75) is 90.0 Å². The zero-order valence-corrected chi connectivity index (χ0v) is 13.6. The predicted octanol–water partition coefficient (Wildman–Crippen LogP) is 2.93. The van der Waals surface area contributed by atoms with Crippen LogP contribution < -0.4 is 0 Å². The summed E-state index contributed by atoms with van der Waals surface area (Å²) in [4.78, 5) is 0. The van der Waals surface area contributed by atoms with Crippen LogP contribution in [-0.4, -0.2) is 49.3 Å². The fourth-order valence-electron chi connectivity index (χ4n) is 2.91. The molecule has 2 fully saturated rings. The lowest BCUT2D eigenvalue weighted by Crippen LogP contribution is -2.39. The minimum absolute atomic E-state index is 0.0275. The molecule has 0 saturated carbocycles. The van der Waals surface area contributed by atoms with Crippen molar-refractivity contribution < 1.29 is 18.9 Å². The summed E-state index contributed by atoms with van der Waals surface area (Å²) in [6.45, 7) is 11.9. The van der Waals surface area contributed by atoms with E-state index in [1.54, 1.807) is 0 Å². The summed E-state index contributed by atoms with van der Waals surface area (Å²) in [6.07, 6.45) is 3.62. The Bertz CT molecular complexity index is 305. The van der Waals surface area contributed by atoms with Crippen LogP contribution in [0, 0.1) is 0 Å². The molecule has 2 saturated heterocycles. The normalized spacial score (nSPS) is 35.2. The van der Waals surface area contributed by atoms with Crippen LogP contribution in [0.1, 0.15) is 53.9 Å². The molecule has 0 bridgehead atoms. The van der Waals surface area contributed by atoms with Gasteiger partial charge in [-0.3, -0.25) is 0 Å². The first-order chi connectivity index (χ1) is 9.46. The van der Waals surface area contributed by atoms with Crippen LogP contribution in [0.25, 0.3) is 0 Å². The van der Waals surface area contributed by atoms with E-state index in [9.17, 15) is 0 Å². The van der Waals surface area contributed by atoms with Gasteiger partial charge < -0.3 is 18.9 Å². The minimum Gasteiger partial charge on any atom is -0.370 e. The Balaban J connectivity index is 1.87. The SMILES string of the molecule is CCCC(C)OC1COC2C(OC(C)(C)CC)COC12. The average Bonchev–Trinajstić information content (AvgIpc) is 2.94. The second-order valence-corrected chi connectivity index (χ2v) is 6.64. The topological polar surface area (TPSA) is 36.9 Å². The van der Waals surface area contributed by atoms with Crippen LogP contribution >= 0.6 is 0 Å². The quantitative estimate of drug-likeness (QED) is 0.721. The summed E-state index contributed by atoms with van der Waals surface area (Å²) in [5, 5.41) is 0. The zero-order chi connectivity index (χ0) is 14.8. The lowest BCUT2D eigenvalue weighted by molar-refractivity contribution is -0.116. The second kappa shape index (κ2) is 6.73. The van der Waals surface area contributed by atoms with Gasteiger partial charge >= 0.3 is 0 Å². The molecule has 0 aliphatic carbocycles. The summed E-state index contributed by atoms with van der Waals surface area (Å²) in [5.74, 6) is 0. The van der Waals surface area contributed by atoms with Gasteiger partial charge in [0.05, 0.1) is 24.9 Å². The van der Waals surface area contributed by atoms with Crippen molar-refractivity contribution >= 4 is 0 Å². The molecule has 20 heavy (non-hydrogen) atoms. The Morgan fingerprint density at radius 3 is 2.30 bits per heavy atom. The van der Waals surface area contributed by atoms with Gasteiger partial charge in [0.15, 0.2) is 0 Å². The van der Waals surface area contributed by atoms with E-state index in [2.05, 4.69) is 34.6 Å². The van der Waals surface area contributed by atoms with Gasteiger partial charge in [-0.05, 0) is 33.6 Å². The summed E-state index contributed by atoms with van der Waals surface area (Å²) >= 11 is 0. The average molecular weight is 286 g/mol. The van der Waals surface area contributed by atoms with Gasteiger partial charge in [-0.25, -0.2) is 0 Å². The first-order valence-corrected chi connectivity index (χ1v) is 8.03. The van der Waals surface area contributed by atoms with Crippen molar-refractivity contribution in [3.05, 3.63) is 0 Å². The summed E-state index contributed by atoms with van der Waals surface area (Å²) < 4.78 is 24.0.